The van der Waals surface area contributed by atoms with E-state index >= 15 is 0 Å². The fraction of sp³-hybridized carbons (Fsp3) is 0.474. The first-order valence-electron chi connectivity index (χ1n) is 8.61. The first kappa shape index (κ1) is 19.5. The summed E-state index contributed by atoms with van der Waals surface area (Å²) in [6.07, 6.45) is -6.02. The number of ketones is 1. The Balaban J connectivity index is 1.93. The van der Waals surface area contributed by atoms with Crippen molar-refractivity contribution in [3.63, 3.8) is 0 Å². The van der Waals surface area contributed by atoms with Gasteiger partial charge >= 0.3 is 5.63 Å². The SMILES string of the molecule is CC(=O)Cc1cc2ccc(O[C@@H]3O[C@@H](C)[C@H](O)[C@@H](O)[C@H]3O)c(C)c2oc1=O. The highest BCUT2D eigenvalue weighted by atomic mass is 16.7. The van der Waals surface area contributed by atoms with Crippen molar-refractivity contribution in [3.05, 3.63) is 39.7 Å². The van der Waals surface area contributed by atoms with Gasteiger partial charge in [0, 0.05) is 22.9 Å². The fourth-order valence-electron chi connectivity index (χ4n) is 3.10. The predicted octanol–water partition coefficient (Wildman–Crippen LogP) is 0.439. The van der Waals surface area contributed by atoms with E-state index in [9.17, 15) is 24.9 Å². The van der Waals surface area contributed by atoms with Crippen molar-refractivity contribution < 1.29 is 34.0 Å². The number of aliphatic hydroxyl groups excluding tert-OH is 3. The van der Waals surface area contributed by atoms with Gasteiger partial charge in [-0.25, -0.2) is 4.79 Å². The van der Waals surface area contributed by atoms with Crippen LogP contribution in [0.15, 0.2) is 27.4 Å². The zero-order chi connectivity index (χ0) is 19.9. The summed E-state index contributed by atoms with van der Waals surface area (Å²) in [6.45, 7) is 4.63. The summed E-state index contributed by atoms with van der Waals surface area (Å²) in [5.41, 5.74) is 0.478. The smallest absolute Gasteiger partial charge is 0.339 e. The third kappa shape index (κ3) is 3.74. The molecule has 1 fully saturated rings. The zero-order valence-electron chi connectivity index (χ0n) is 15.2. The Morgan fingerprint density at radius 1 is 1.19 bits per heavy atom. The zero-order valence-corrected chi connectivity index (χ0v) is 15.2. The lowest BCUT2D eigenvalue weighted by Crippen LogP contribution is -2.58. The quantitative estimate of drug-likeness (QED) is 0.654. The molecule has 0 spiro atoms. The lowest BCUT2D eigenvalue weighted by molar-refractivity contribution is -0.268. The fourth-order valence-corrected chi connectivity index (χ4v) is 3.10. The molecule has 27 heavy (non-hydrogen) atoms. The van der Waals surface area contributed by atoms with Gasteiger partial charge in [-0.05, 0) is 39.0 Å². The normalized spacial score (nSPS) is 28.3. The number of hydrogen-bond donors (Lipinski definition) is 3. The maximum absolute atomic E-state index is 12.1. The second kappa shape index (κ2) is 7.40. The van der Waals surface area contributed by atoms with Crippen LogP contribution in [-0.4, -0.2) is 51.8 Å². The highest BCUT2D eigenvalue weighted by Crippen LogP contribution is 2.30. The lowest BCUT2D eigenvalue weighted by atomic mass is 10.00. The topological polar surface area (TPSA) is 126 Å². The van der Waals surface area contributed by atoms with Gasteiger partial charge in [-0.2, -0.15) is 0 Å². The number of hydrogen-bond acceptors (Lipinski definition) is 8. The van der Waals surface area contributed by atoms with E-state index < -0.39 is 36.3 Å². The molecule has 0 aliphatic carbocycles. The molecule has 3 rings (SSSR count). The van der Waals surface area contributed by atoms with Crippen molar-refractivity contribution in [2.75, 3.05) is 0 Å². The first-order valence-corrected chi connectivity index (χ1v) is 8.61. The van der Waals surface area contributed by atoms with Crippen molar-refractivity contribution in [1.29, 1.82) is 0 Å². The molecule has 0 unspecified atom stereocenters. The van der Waals surface area contributed by atoms with Crippen LogP contribution in [0.3, 0.4) is 0 Å². The van der Waals surface area contributed by atoms with Crippen LogP contribution in [0.25, 0.3) is 11.0 Å². The van der Waals surface area contributed by atoms with E-state index in [-0.39, 0.29) is 17.8 Å². The Bertz CT molecular complexity index is 918. The van der Waals surface area contributed by atoms with Gasteiger partial charge in [-0.1, -0.05) is 0 Å². The molecule has 2 aromatic rings. The van der Waals surface area contributed by atoms with Gasteiger partial charge in [0.1, 0.15) is 35.4 Å². The number of carbonyl (C=O) groups excluding carboxylic acids is 1. The van der Waals surface area contributed by atoms with Crippen LogP contribution in [0, 0.1) is 6.92 Å². The van der Waals surface area contributed by atoms with Crippen molar-refractivity contribution in [3.8, 4) is 5.75 Å². The average Bonchev–Trinajstić information content (AvgIpc) is 2.61. The average molecular weight is 378 g/mol. The third-order valence-electron chi connectivity index (χ3n) is 4.66. The highest BCUT2D eigenvalue weighted by molar-refractivity contribution is 5.84. The van der Waals surface area contributed by atoms with Gasteiger partial charge in [0.15, 0.2) is 0 Å². The summed E-state index contributed by atoms with van der Waals surface area (Å²) in [6, 6.07) is 4.88. The van der Waals surface area contributed by atoms with Crippen molar-refractivity contribution in [2.24, 2.45) is 0 Å². The molecule has 5 atom stereocenters. The van der Waals surface area contributed by atoms with E-state index in [1.807, 2.05) is 0 Å². The Labute approximate surface area is 154 Å². The van der Waals surface area contributed by atoms with E-state index in [0.717, 1.165) is 0 Å². The van der Waals surface area contributed by atoms with Crippen molar-refractivity contribution in [2.45, 2.75) is 57.9 Å². The maximum Gasteiger partial charge on any atom is 0.339 e. The van der Waals surface area contributed by atoms with E-state index in [0.29, 0.717) is 22.3 Å². The number of ether oxygens (including phenoxy) is 2. The molecule has 3 N–H and O–H groups in total. The molecule has 146 valence electrons. The number of carbonyl (C=O) groups is 1. The monoisotopic (exact) mass is 378 g/mol. The molecule has 1 aliphatic rings. The Hall–Kier alpha value is -2.26. The molecule has 2 heterocycles. The molecule has 1 saturated heterocycles. The van der Waals surface area contributed by atoms with Crippen molar-refractivity contribution in [1.82, 2.24) is 0 Å². The largest absolute Gasteiger partial charge is 0.462 e. The Morgan fingerprint density at radius 2 is 1.89 bits per heavy atom. The summed E-state index contributed by atoms with van der Waals surface area (Å²) >= 11 is 0. The van der Waals surface area contributed by atoms with Crippen LogP contribution in [0.1, 0.15) is 25.0 Å². The molecule has 1 aliphatic heterocycles. The number of aryl methyl sites for hydroxylation is 1. The number of fused-ring (bicyclic) bond motifs is 1. The maximum atomic E-state index is 12.1. The lowest BCUT2D eigenvalue weighted by Gasteiger charge is -2.39. The van der Waals surface area contributed by atoms with Crippen LogP contribution in [0.5, 0.6) is 5.75 Å². The summed E-state index contributed by atoms with van der Waals surface area (Å²) in [4.78, 5) is 23.4. The van der Waals surface area contributed by atoms with Gasteiger partial charge in [0.25, 0.3) is 0 Å². The molecule has 0 bridgehead atoms. The van der Waals surface area contributed by atoms with Crippen LogP contribution in [0.2, 0.25) is 0 Å². The minimum absolute atomic E-state index is 0.00418. The predicted molar refractivity (Wildman–Crippen MR) is 94.6 cm³/mol. The molecule has 1 aromatic heterocycles. The number of rotatable bonds is 4. The highest BCUT2D eigenvalue weighted by Gasteiger charge is 2.43. The van der Waals surface area contributed by atoms with Gasteiger partial charge < -0.3 is 29.2 Å². The summed E-state index contributed by atoms with van der Waals surface area (Å²) in [5, 5.41) is 30.4. The molecule has 0 saturated carbocycles. The minimum Gasteiger partial charge on any atom is -0.462 e. The van der Waals surface area contributed by atoms with E-state index in [1.54, 1.807) is 32.0 Å². The molecular formula is C19H22O8. The van der Waals surface area contributed by atoms with Crippen LogP contribution in [-0.2, 0) is 16.0 Å². The number of Topliss-reactive ketones (excluding diaryl/α,β-unsaturated/α-hetero) is 1. The van der Waals surface area contributed by atoms with Gasteiger partial charge in [-0.3, -0.25) is 4.79 Å². The van der Waals surface area contributed by atoms with E-state index in [2.05, 4.69) is 0 Å². The Kier molecular flexibility index (Phi) is 5.34. The van der Waals surface area contributed by atoms with Crippen LogP contribution >= 0.6 is 0 Å². The van der Waals surface area contributed by atoms with Gasteiger partial charge in [-0.15, -0.1) is 0 Å². The molecule has 8 nitrogen and oxygen atoms in total. The molecule has 0 amide bonds. The molecule has 0 radical (unpaired) electrons. The van der Waals surface area contributed by atoms with Gasteiger partial charge in [0.2, 0.25) is 6.29 Å². The van der Waals surface area contributed by atoms with E-state index in [4.69, 9.17) is 13.9 Å². The number of aliphatic hydroxyl groups is 3. The molecule has 1 aromatic carbocycles. The summed E-state index contributed by atoms with van der Waals surface area (Å²) in [5.74, 6) is 0.154. The number of benzene rings is 1. The van der Waals surface area contributed by atoms with Crippen LogP contribution in [0.4, 0.5) is 0 Å². The molecule has 8 heteroatoms. The second-order valence-electron chi connectivity index (χ2n) is 6.84. The van der Waals surface area contributed by atoms with Gasteiger partial charge in [0.05, 0.1) is 6.10 Å². The first-order chi connectivity index (χ1) is 12.7. The minimum atomic E-state index is -1.45. The van der Waals surface area contributed by atoms with E-state index in [1.165, 1.54) is 6.92 Å². The summed E-state index contributed by atoms with van der Waals surface area (Å²) in [7, 11) is 0. The summed E-state index contributed by atoms with van der Waals surface area (Å²) < 4.78 is 16.5. The standard InChI is InChI=1S/C19H22O8/c1-8(20)6-12-7-11-4-5-13(9(2)17(11)27-18(12)24)26-19-16(23)15(22)14(21)10(3)25-19/h4-5,7,10,14-16,19,21-23H,6H2,1-3H3/t10-,14-,15+,16+,19-/m0/s1. The second-order valence-corrected chi connectivity index (χ2v) is 6.84. The Morgan fingerprint density at radius 3 is 2.56 bits per heavy atom. The third-order valence-corrected chi connectivity index (χ3v) is 4.66. The molecular weight excluding hydrogens is 356 g/mol. The van der Waals surface area contributed by atoms with Crippen LogP contribution < -0.4 is 10.4 Å². The van der Waals surface area contributed by atoms with Crippen molar-refractivity contribution >= 4 is 16.8 Å².